The Labute approximate surface area is 202 Å². The van der Waals surface area contributed by atoms with Gasteiger partial charge in [-0.05, 0) is 37.5 Å². The van der Waals surface area contributed by atoms with E-state index in [2.05, 4.69) is 17.1 Å². The first-order valence-corrected chi connectivity index (χ1v) is 12.3. The van der Waals surface area contributed by atoms with Crippen LogP contribution in [0.3, 0.4) is 0 Å². The van der Waals surface area contributed by atoms with Crippen LogP contribution in [0.25, 0.3) is 0 Å². The summed E-state index contributed by atoms with van der Waals surface area (Å²) in [5, 5.41) is 20.4. The Morgan fingerprint density at radius 3 is 2.58 bits per heavy atom. The van der Waals surface area contributed by atoms with Crippen LogP contribution in [0.1, 0.15) is 42.1 Å². The molecule has 0 saturated heterocycles. The number of aromatic nitrogens is 1. The van der Waals surface area contributed by atoms with Crippen molar-refractivity contribution in [1.82, 2.24) is 4.98 Å². The Morgan fingerprint density at radius 2 is 1.97 bits per heavy atom. The number of carbonyl (C=O) groups is 1. The van der Waals surface area contributed by atoms with E-state index in [0.717, 1.165) is 23.2 Å². The fourth-order valence-corrected chi connectivity index (χ4v) is 5.77. The lowest BCUT2D eigenvalue weighted by Gasteiger charge is -2.28. The van der Waals surface area contributed by atoms with Gasteiger partial charge in [0.2, 0.25) is 0 Å². The molecule has 2 N–H and O–H groups in total. The van der Waals surface area contributed by atoms with Gasteiger partial charge in [-0.3, -0.25) is 0 Å². The zero-order valence-corrected chi connectivity index (χ0v) is 20.3. The van der Waals surface area contributed by atoms with E-state index in [1.807, 2.05) is 50.2 Å². The van der Waals surface area contributed by atoms with Crippen molar-refractivity contribution in [3.8, 4) is 12.1 Å². The molecule has 0 saturated carbocycles. The zero-order chi connectivity index (χ0) is 24.0. The van der Waals surface area contributed by atoms with Crippen LogP contribution in [-0.4, -0.2) is 23.3 Å². The fraction of sp³-hybridized carbons (Fsp3) is 0.280. The summed E-state index contributed by atoms with van der Waals surface area (Å²) in [4.78, 5) is 18.5. The molecule has 2 aromatic rings. The van der Waals surface area contributed by atoms with Gasteiger partial charge >= 0.3 is 5.97 Å². The van der Waals surface area contributed by atoms with Crippen molar-refractivity contribution in [3.63, 3.8) is 0 Å². The lowest BCUT2D eigenvalue weighted by atomic mass is 9.84. The first-order chi connectivity index (χ1) is 15.9. The second-order valence-corrected chi connectivity index (χ2v) is 9.35. The largest absolute Gasteiger partial charge is 0.463 e. The van der Waals surface area contributed by atoms with E-state index < -0.39 is 11.9 Å². The summed E-state index contributed by atoms with van der Waals surface area (Å²) in [6, 6.07) is 15.6. The maximum Gasteiger partial charge on any atom is 0.335 e. The summed E-state index contributed by atoms with van der Waals surface area (Å²) < 4.78 is 5.38. The number of nitrogens with zero attached hydrogens (tertiary/aromatic N) is 3. The van der Waals surface area contributed by atoms with Gasteiger partial charge in [-0.15, -0.1) is 0 Å². The number of benzene rings is 1. The number of allylic oxidation sites excluding steroid dienone is 1. The monoisotopic (exact) mass is 476 g/mol. The van der Waals surface area contributed by atoms with Gasteiger partial charge in [-0.25, -0.2) is 9.78 Å². The van der Waals surface area contributed by atoms with Crippen molar-refractivity contribution in [3.05, 3.63) is 79.9 Å². The van der Waals surface area contributed by atoms with Gasteiger partial charge in [0, 0.05) is 16.4 Å². The highest BCUT2D eigenvalue weighted by Crippen LogP contribution is 2.47. The predicted molar refractivity (Wildman–Crippen MR) is 131 cm³/mol. The Kier molecular flexibility index (Phi) is 8.21. The lowest BCUT2D eigenvalue weighted by Crippen LogP contribution is -2.23. The van der Waals surface area contributed by atoms with E-state index in [-0.39, 0.29) is 6.61 Å². The van der Waals surface area contributed by atoms with Crippen LogP contribution < -0.4 is 5.73 Å². The number of esters is 1. The highest BCUT2D eigenvalue weighted by molar-refractivity contribution is 8.08. The number of carbonyl (C=O) groups excluding carboxylic acids is 1. The van der Waals surface area contributed by atoms with E-state index in [1.165, 1.54) is 23.5 Å². The Morgan fingerprint density at radius 1 is 1.24 bits per heavy atom. The minimum absolute atomic E-state index is 0.216. The van der Waals surface area contributed by atoms with Crippen molar-refractivity contribution in [2.24, 2.45) is 5.73 Å². The number of aryl methyl sites for hydroxylation is 2. The van der Waals surface area contributed by atoms with E-state index in [9.17, 15) is 15.3 Å². The van der Waals surface area contributed by atoms with Crippen LogP contribution in [0.4, 0.5) is 0 Å². The van der Waals surface area contributed by atoms with Gasteiger partial charge in [0.1, 0.15) is 11.1 Å². The molecule has 0 bridgehead atoms. The van der Waals surface area contributed by atoms with Crippen LogP contribution in [0, 0.1) is 29.6 Å². The lowest BCUT2D eigenvalue weighted by molar-refractivity contribution is -0.138. The molecular formula is C25H24N4O2S2. The molecule has 33 heavy (non-hydrogen) atoms. The molecule has 3 rings (SSSR count). The van der Waals surface area contributed by atoms with Gasteiger partial charge in [0.25, 0.3) is 0 Å². The molecule has 8 heteroatoms. The standard InChI is InChI=1S/C25H24N4O2S2/c1-4-19-15(3)11-17(12-26)24(29-19)32-14-20-22(25(30)31-5-2)21(16-9-7-6-8-10-16)18(13-27)23(28)33-20/h6-11,21H,4-5,14,28H2,1-3H3/t21-/m1/s1. The number of nitrogens with two attached hydrogens (primary N) is 1. The summed E-state index contributed by atoms with van der Waals surface area (Å²) in [7, 11) is 0. The number of rotatable bonds is 7. The molecule has 0 amide bonds. The molecule has 0 spiro atoms. The van der Waals surface area contributed by atoms with Crippen LogP contribution in [0.5, 0.6) is 0 Å². The first kappa shape index (κ1) is 24.4. The van der Waals surface area contributed by atoms with Gasteiger partial charge in [0.05, 0.1) is 40.3 Å². The quantitative estimate of drug-likeness (QED) is 0.441. The van der Waals surface area contributed by atoms with Crippen molar-refractivity contribution in [1.29, 1.82) is 10.5 Å². The number of hydrogen-bond donors (Lipinski definition) is 1. The van der Waals surface area contributed by atoms with E-state index >= 15 is 0 Å². The minimum Gasteiger partial charge on any atom is -0.463 e. The first-order valence-electron chi connectivity index (χ1n) is 10.5. The van der Waals surface area contributed by atoms with Crippen LogP contribution in [0.2, 0.25) is 0 Å². The number of thioether (sulfide) groups is 2. The average molecular weight is 477 g/mol. The molecule has 1 aromatic heterocycles. The van der Waals surface area contributed by atoms with Crippen LogP contribution in [0.15, 0.2) is 62.5 Å². The molecule has 168 valence electrons. The summed E-state index contributed by atoms with van der Waals surface area (Å²) in [6.45, 7) is 5.93. The summed E-state index contributed by atoms with van der Waals surface area (Å²) in [5.41, 5.74) is 10.2. The van der Waals surface area contributed by atoms with Gasteiger partial charge < -0.3 is 10.5 Å². The summed E-state index contributed by atoms with van der Waals surface area (Å²) >= 11 is 2.59. The minimum atomic E-state index is -0.611. The third kappa shape index (κ3) is 5.24. The Balaban J connectivity index is 2.08. The molecule has 1 aliphatic heterocycles. The zero-order valence-electron chi connectivity index (χ0n) is 18.7. The third-order valence-corrected chi connectivity index (χ3v) is 7.45. The second-order valence-electron chi connectivity index (χ2n) is 7.25. The predicted octanol–water partition coefficient (Wildman–Crippen LogP) is 4.96. The maximum atomic E-state index is 13.1. The van der Waals surface area contributed by atoms with Crippen molar-refractivity contribution < 1.29 is 9.53 Å². The molecule has 0 unspecified atom stereocenters. The molecule has 6 nitrogen and oxygen atoms in total. The molecule has 2 heterocycles. The fourth-order valence-electron chi connectivity index (χ4n) is 3.65. The van der Waals surface area contributed by atoms with Gasteiger partial charge in [0.15, 0.2) is 0 Å². The van der Waals surface area contributed by atoms with Crippen molar-refractivity contribution in [2.45, 2.75) is 38.1 Å². The Bertz CT molecular complexity index is 1210. The smallest absolute Gasteiger partial charge is 0.335 e. The molecule has 0 aliphatic carbocycles. The molecule has 0 fully saturated rings. The van der Waals surface area contributed by atoms with Crippen LogP contribution in [-0.2, 0) is 16.0 Å². The molecular weight excluding hydrogens is 452 g/mol. The molecule has 1 atom stereocenters. The highest BCUT2D eigenvalue weighted by atomic mass is 32.2. The van der Waals surface area contributed by atoms with E-state index in [4.69, 9.17) is 10.5 Å². The van der Waals surface area contributed by atoms with Crippen molar-refractivity contribution >= 4 is 29.5 Å². The third-order valence-electron chi connectivity index (χ3n) is 5.20. The maximum absolute atomic E-state index is 13.1. The SMILES string of the molecule is CCOC(=O)C1=C(CSc2nc(CC)c(C)cc2C#N)SC(N)=C(C#N)[C@H]1c1ccccc1. The number of hydrogen-bond acceptors (Lipinski definition) is 8. The highest BCUT2D eigenvalue weighted by Gasteiger charge is 2.36. The summed E-state index contributed by atoms with van der Waals surface area (Å²) in [5.74, 6) is -0.712. The average Bonchev–Trinajstić information content (AvgIpc) is 2.83. The van der Waals surface area contributed by atoms with Gasteiger partial charge in [-0.1, -0.05) is 60.8 Å². The molecule has 1 aliphatic rings. The number of pyridine rings is 1. The molecule has 1 aromatic carbocycles. The van der Waals surface area contributed by atoms with Gasteiger partial charge in [-0.2, -0.15) is 10.5 Å². The number of ether oxygens (including phenoxy) is 1. The number of nitriles is 2. The molecule has 0 radical (unpaired) electrons. The van der Waals surface area contributed by atoms with Crippen LogP contribution >= 0.6 is 23.5 Å². The summed E-state index contributed by atoms with van der Waals surface area (Å²) in [6.07, 6.45) is 0.758. The normalized spacial score (nSPS) is 15.7. The topological polar surface area (TPSA) is 113 Å². The van der Waals surface area contributed by atoms with E-state index in [1.54, 1.807) is 6.92 Å². The Hall–Kier alpha value is -3.20. The van der Waals surface area contributed by atoms with E-state index in [0.29, 0.717) is 37.4 Å². The second kappa shape index (κ2) is 11.1. The van der Waals surface area contributed by atoms with Crippen molar-refractivity contribution in [2.75, 3.05) is 12.4 Å².